The minimum Gasteiger partial charge on any atom is -0.493 e. The van der Waals surface area contributed by atoms with Gasteiger partial charge in [0, 0.05) is 0 Å². The summed E-state index contributed by atoms with van der Waals surface area (Å²) in [6.45, 7) is 6.93. The molecule has 1 aliphatic heterocycles. The molecule has 7 nitrogen and oxygen atoms in total. The fourth-order valence-corrected chi connectivity index (χ4v) is 3.22. The van der Waals surface area contributed by atoms with Gasteiger partial charge < -0.3 is 14.8 Å². The van der Waals surface area contributed by atoms with E-state index in [9.17, 15) is 14.4 Å². The van der Waals surface area contributed by atoms with E-state index in [1.165, 1.54) is 11.8 Å². The van der Waals surface area contributed by atoms with Gasteiger partial charge in [0.2, 0.25) is 5.91 Å². The van der Waals surface area contributed by atoms with Crippen LogP contribution >= 0.6 is 0 Å². The highest BCUT2D eigenvalue weighted by atomic mass is 16.6. The highest BCUT2D eigenvalue weighted by molar-refractivity contribution is 6.15. The Labute approximate surface area is 176 Å². The maximum absolute atomic E-state index is 13.1. The first kappa shape index (κ1) is 21.4. The number of carbonyl (C=O) groups is 3. The van der Waals surface area contributed by atoms with Crippen LogP contribution in [0, 0.1) is 6.92 Å². The van der Waals surface area contributed by atoms with Crippen LogP contribution < -0.4 is 15.0 Å². The molecule has 158 valence electrons. The summed E-state index contributed by atoms with van der Waals surface area (Å²) in [5.41, 5.74) is 1.10. The van der Waals surface area contributed by atoms with Crippen molar-refractivity contribution in [2.24, 2.45) is 0 Å². The van der Waals surface area contributed by atoms with Crippen LogP contribution in [0.2, 0.25) is 0 Å². The number of amides is 2. The Morgan fingerprint density at radius 3 is 2.47 bits per heavy atom. The third-order valence-corrected chi connectivity index (χ3v) is 4.98. The van der Waals surface area contributed by atoms with Crippen molar-refractivity contribution in [2.45, 2.75) is 45.8 Å². The van der Waals surface area contributed by atoms with Gasteiger partial charge in [-0.05, 0) is 52.0 Å². The number of fused-ring (bicyclic) bond motifs is 1. The van der Waals surface area contributed by atoms with E-state index in [-0.39, 0.29) is 18.9 Å². The summed E-state index contributed by atoms with van der Waals surface area (Å²) >= 11 is 0. The monoisotopic (exact) mass is 410 g/mol. The molecule has 1 atom stereocenters. The molecule has 30 heavy (non-hydrogen) atoms. The van der Waals surface area contributed by atoms with Gasteiger partial charge in [-0.25, -0.2) is 0 Å². The third kappa shape index (κ3) is 4.45. The molecular weight excluding hydrogens is 384 g/mol. The molecule has 0 radical (unpaired) electrons. The average molecular weight is 410 g/mol. The van der Waals surface area contributed by atoms with Crippen LogP contribution in [-0.2, 0) is 19.1 Å². The van der Waals surface area contributed by atoms with Crippen LogP contribution in [-0.4, -0.2) is 36.0 Å². The minimum atomic E-state index is -1.12. The quantitative estimate of drug-likeness (QED) is 0.737. The maximum Gasteiger partial charge on any atom is 0.310 e. The van der Waals surface area contributed by atoms with Gasteiger partial charge in [0.05, 0.1) is 24.4 Å². The van der Waals surface area contributed by atoms with E-state index in [1.807, 2.05) is 31.2 Å². The highest BCUT2D eigenvalue weighted by Crippen LogP contribution is 2.37. The summed E-state index contributed by atoms with van der Waals surface area (Å²) in [6.07, 6.45) is -1.04. The summed E-state index contributed by atoms with van der Waals surface area (Å²) < 4.78 is 10.9. The lowest BCUT2D eigenvalue weighted by molar-refractivity contribution is -0.154. The Morgan fingerprint density at radius 2 is 1.77 bits per heavy atom. The number of aryl methyl sites for hydroxylation is 1. The number of esters is 1. The van der Waals surface area contributed by atoms with Crippen molar-refractivity contribution in [3.05, 3.63) is 54.1 Å². The molecule has 0 spiro atoms. The summed E-state index contributed by atoms with van der Waals surface area (Å²) in [6, 6.07) is 14.5. The molecular formula is C23H26N2O5. The number of nitrogens with zero attached hydrogens (tertiary/aromatic N) is 1. The Balaban J connectivity index is 1.62. The molecule has 0 aromatic heterocycles. The minimum absolute atomic E-state index is 0.00592. The molecule has 2 aromatic rings. The van der Waals surface area contributed by atoms with Crippen LogP contribution in [0.4, 0.5) is 11.4 Å². The summed E-state index contributed by atoms with van der Waals surface area (Å²) in [5, 5.41) is 2.80. The molecule has 0 unspecified atom stereocenters. The van der Waals surface area contributed by atoms with Gasteiger partial charge in [-0.1, -0.05) is 29.8 Å². The number of rotatable bonds is 6. The molecule has 2 amide bonds. The van der Waals surface area contributed by atoms with Crippen molar-refractivity contribution in [3.63, 3.8) is 0 Å². The fraction of sp³-hybridized carbons (Fsp3) is 0.348. The van der Waals surface area contributed by atoms with Crippen LogP contribution in [0.5, 0.6) is 5.75 Å². The van der Waals surface area contributed by atoms with E-state index in [0.29, 0.717) is 17.1 Å². The van der Waals surface area contributed by atoms with Crippen molar-refractivity contribution in [2.75, 3.05) is 16.8 Å². The van der Waals surface area contributed by atoms with E-state index in [1.54, 1.807) is 38.1 Å². The Bertz CT molecular complexity index is 952. The first-order valence-corrected chi connectivity index (χ1v) is 9.83. The first-order valence-electron chi connectivity index (χ1n) is 9.83. The van der Waals surface area contributed by atoms with Crippen molar-refractivity contribution < 1.29 is 23.9 Å². The van der Waals surface area contributed by atoms with Crippen molar-refractivity contribution >= 4 is 29.2 Å². The summed E-state index contributed by atoms with van der Waals surface area (Å²) in [5.74, 6) is -0.652. The van der Waals surface area contributed by atoms with E-state index in [2.05, 4.69) is 5.32 Å². The number of anilines is 2. The molecule has 1 N–H and O–H groups in total. The summed E-state index contributed by atoms with van der Waals surface area (Å²) in [7, 11) is 0. The molecule has 1 aliphatic rings. The topological polar surface area (TPSA) is 84.9 Å². The second kappa shape index (κ2) is 8.57. The largest absolute Gasteiger partial charge is 0.493 e. The lowest BCUT2D eigenvalue weighted by atomic mass is 9.95. The van der Waals surface area contributed by atoms with Crippen LogP contribution in [0.1, 0.15) is 32.8 Å². The zero-order chi connectivity index (χ0) is 21.9. The molecule has 2 aromatic carbocycles. The second-order valence-electron chi connectivity index (χ2n) is 7.75. The van der Waals surface area contributed by atoms with E-state index >= 15 is 0 Å². The van der Waals surface area contributed by atoms with Gasteiger partial charge in [-0.3, -0.25) is 19.3 Å². The Hall–Kier alpha value is -3.35. The zero-order valence-electron chi connectivity index (χ0n) is 17.6. The molecule has 3 rings (SSSR count). The first-order chi connectivity index (χ1) is 14.2. The number of nitrogens with one attached hydrogen (secondary N) is 1. The molecule has 0 bridgehead atoms. The Morgan fingerprint density at radius 1 is 1.10 bits per heavy atom. The van der Waals surface area contributed by atoms with E-state index in [0.717, 1.165) is 5.56 Å². The van der Waals surface area contributed by atoms with Gasteiger partial charge in [-0.15, -0.1) is 0 Å². The molecule has 0 saturated heterocycles. The van der Waals surface area contributed by atoms with Gasteiger partial charge in [-0.2, -0.15) is 0 Å². The van der Waals surface area contributed by atoms with Crippen LogP contribution in [0.25, 0.3) is 0 Å². The Kier molecular flexibility index (Phi) is 6.10. The number of para-hydroxylation sites is 2. The normalized spacial score (nSPS) is 15.6. The molecule has 0 saturated carbocycles. The summed E-state index contributed by atoms with van der Waals surface area (Å²) in [4.78, 5) is 39.2. The standard InChI is InChI=1S/C23H26N2O5/c1-15-9-11-17(12-10-15)29-14-13-20(26)30-16(2)21(27)25-19-8-6-5-7-18(19)24-22(28)23(25,3)4/h5-12,16H,13-14H2,1-4H3,(H,24,28)/t16-/m0/s1. The smallest absolute Gasteiger partial charge is 0.310 e. The zero-order valence-corrected chi connectivity index (χ0v) is 17.6. The van der Waals surface area contributed by atoms with Gasteiger partial charge in [0.1, 0.15) is 11.3 Å². The predicted molar refractivity (Wildman–Crippen MR) is 113 cm³/mol. The number of hydrogen-bond acceptors (Lipinski definition) is 5. The fourth-order valence-electron chi connectivity index (χ4n) is 3.22. The lowest BCUT2D eigenvalue weighted by Gasteiger charge is -2.42. The van der Waals surface area contributed by atoms with Crippen molar-refractivity contribution in [1.29, 1.82) is 0 Å². The van der Waals surface area contributed by atoms with Crippen LogP contribution in [0.15, 0.2) is 48.5 Å². The maximum atomic E-state index is 13.1. The van der Waals surface area contributed by atoms with Gasteiger partial charge in [0.25, 0.3) is 5.91 Å². The van der Waals surface area contributed by atoms with E-state index in [4.69, 9.17) is 9.47 Å². The number of hydrogen-bond donors (Lipinski definition) is 1. The molecule has 0 aliphatic carbocycles. The SMILES string of the molecule is Cc1ccc(OCCC(=O)O[C@@H](C)C(=O)N2c3ccccc3NC(=O)C2(C)C)cc1. The average Bonchev–Trinajstić information content (AvgIpc) is 2.70. The molecule has 1 heterocycles. The lowest BCUT2D eigenvalue weighted by Crippen LogP contribution is -2.60. The number of ether oxygens (including phenoxy) is 2. The molecule has 7 heteroatoms. The number of carbonyl (C=O) groups excluding carboxylic acids is 3. The number of benzene rings is 2. The van der Waals surface area contributed by atoms with Crippen molar-refractivity contribution in [3.8, 4) is 5.75 Å². The third-order valence-electron chi connectivity index (χ3n) is 4.98. The van der Waals surface area contributed by atoms with Gasteiger partial charge in [0.15, 0.2) is 6.10 Å². The molecule has 0 fully saturated rings. The highest BCUT2D eigenvalue weighted by Gasteiger charge is 2.45. The second-order valence-corrected chi connectivity index (χ2v) is 7.75. The van der Waals surface area contributed by atoms with E-state index < -0.39 is 23.5 Å². The van der Waals surface area contributed by atoms with Crippen molar-refractivity contribution in [1.82, 2.24) is 0 Å². The van der Waals surface area contributed by atoms with Gasteiger partial charge >= 0.3 is 5.97 Å². The predicted octanol–water partition coefficient (Wildman–Crippen LogP) is 3.46. The van der Waals surface area contributed by atoms with Crippen LogP contribution in [0.3, 0.4) is 0 Å².